The Bertz CT molecular complexity index is 1660. The lowest BCUT2D eigenvalue weighted by atomic mass is 10.2. The average molecular weight is 541 g/mol. The molecule has 0 aliphatic rings. The number of rotatable bonds is 9. The number of imidazole rings is 1. The molecule has 1 atom stereocenters. The van der Waals surface area contributed by atoms with Crippen molar-refractivity contribution in [3.63, 3.8) is 0 Å². The quantitative estimate of drug-likeness (QED) is 0.196. The van der Waals surface area contributed by atoms with Crippen molar-refractivity contribution >= 4 is 45.8 Å². The van der Waals surface area contributed by atoms with Gasteiger partial charge < -0.3 is 10.1 Å². The van der Waals surface area contributed by atoms with Gasteiger partial charge in [0.15, 0.2) is 0 Å². The lowest BCUT2D eigenvalue weighted by Gasteiger charge is -2.12. The number of benzene rings is 3. The van der Waals surface area contributed by atoms with Crippen LogP contribution in [0, 0.1) is 0 Å². The zero-order chi connectivity index (χ0) is 27.4. The number of amides is 2. The summed E-state index contributed by atoms with van der Waals surface area (Å²) in [4.78, 5) is 30.5. The Morgan fingerprint density at radius 1 is 1.05 bits per heavy atom. The SMILES string of the molecule is C=CC(=O)Nc1cccc(-n2c(NC(=O)c3ccc(C(C)F)s3)nc3cc(OCc4ccccc4)ccc32)c1. The van der Waals surface area contributed by atoms with Crippen LogP contribution in [-0.2, 0) is 11.4 Å². The molecule has 0 fully saturated rings. The van der Waals surface area contributed by atoms with E-state index in [1.54, 1.807) is 34.9 Å². The number of hydrogen-bond donors (Lipinski definition) is 2. The van der Waals surface area contributed by atoms with E-state index in [0.717, 1.165) is 16.9 Å². The molecule has 2 aromatic heterocycles. The van der Waals surface area contributed by atoms with Gasteiger partial charge in [0.2, 0.25) is 11.9 Å². The van der Waals surface area contributed by atoms with E-state index in [9.17, 15) is 14.0 Å². The summed E-state index contributed by atoms with van der Waals surface area (Å²) >= 11 is 1.09. The number of carbonyl (C=O) groups excluding carboxylic acids is 2. The Balaban J connectivity index is 1.52. The molecule has 0 bridgehead atoms. The summed E-state index contributed by atoms with van der Waals surface area (Å²) in [5.41, 5.74) is 3.57. The van der Waals surface area contributed by atoms with Gasteiger partial charge in [-0.25, -0.2) is 9.37 Å². The summed E-state index contributed by atoms with van der Waals surface area (Å²) < 4.78 is 21.5. The molecule has 1 unspecified atom stereocenters. The number of aromatic nitrogens is 2. The molecule has 9 heteroatoms. The number of thiophene rings is 1. The lowest BCUT2D eigenvalue weighted by molar-refractivity contribution is -0.111. The van der Waals surface area contributed by atoms with E-state index in [1.807, 2.05) is 54.6 Å². The van der Waals surface area contributed by atoms with Gasteiger partial charge in [0, 0.05) is 16.6 Å². The van der Waals surface area contributed by atoms with Gasteiger partial charge in [0.1, 0.15) is 18.5 Å². The summed E-state index contributed by atoms with van der Waals surface area (Å²) in [6.45, 7) is 5.32. The van der Waals surface area contributed by atoms with E-state index < -0.39 is 12.1 Å². The molecule has 0 radical (unpaired) electrons. The fourth-order valence-electron chi connectivity index (χ4n) is 4.00. The highest BCUT2D eigenvalue weighted by atomic mass is 32.1. The highest BCUT2D eigenvalue weighted by Crippen LogP contribution is 2.31. The molecular formula is C30H25FN4O3S. The van der Waals surface area contributed by atoms with Gasteiger partial charge >= 0.3 is 0 Å². The summed E-state index contributed by atoms with van der Waals surface area (Å²) in [5, 5.41) is 5.62. The highest BCUT2D eigenvalue weighted by molar-refractivity contribution is 7.14. The Labute approximate surface area is 228 Å². The largest absolute Gasteiger partial charge is 0.489 e. The predicted molar refractivity (Wildman–Crippen MR) is 152 cm³/mol. The molecule has 7 nitrogen and oxygen atoms in total. The molecule has 196 valence electrons. The number of hydrogen-bond acceptors (Lipinski definition) is 5. The minimum Gasteiger partial charge on any atom is -0.489 e. The van der Waals surface area contributed by atoms with Gasteiger partial charge in [-0.2, -0.15) is 0 Å². The van der Waals surface area contributed by atoms with Crippen LogP contribution in [0.1, 0.15) is 33.2 Å². The second-order valence-electron chi connectivity index (χ2n) is 8.71. The molecule has 2 amide bonds. The molecule has 0 aliphatic heterocycles. The molecule has 0 saturated heterocycles. The zero-order valence-corrected chi connectivity index (χ0v) is 21.9. The molecule has 0 aliphatic carbocycles. The molecule has 0 spiro atoms. The number of ether oxygens (including phenoxy) is 1. The van der Waals surface area contributed by atoms with Crippen molar-refractivity contribution in [1.82, 2.24) is 9.55 Å². The number of carbonyl (C=O) groups is 2. The first-order chi connectivity index (χ1) is 18.9. The molecular weight excluding hydrogens is 515 g/mol. The Hall–Kier alpha value is -4.76. The second-order valence-corrected chi connectivity index (χ2v) is 9.83. The molecule has 2 heterocycles. The van der Waals surface area contributed by atoms with Crippen molar-refractivity contribution < 1.29 is 18.7 Å². The van der Waals surface area contributed by atoms with Crippen LogP contribution in [-0.4, -0.2) is 21.4 Å². The lowest BCUT2D eigenvalue weighted by Crippen LogP contribution is -2.14. The molecule has 3 aromatic carbocycles. The van der Waals surface area contributed by atoms with Crippen LogP contribution >= 0.6 is 11.3 Å². The maximum absolute atomic E-state index is 13.7. The predicted octanol–water partition coefficient (Wildman–Crippen LogP) is 7.07. The van der Waals surface area contributed by atoms with Gasteiger partial charge in [-0.05, 0) is 61.0 Å². The second kappa shape index (κ2) is 11.3. The van der Waals surface area contributed by atoms with E-state index in [2.05, 4.69) is 17.2 Å². The van der Waals surface area contributed by atoms with E-state index in [0.29, 0.717) is 44.5 Å². The van der Waals surface area contributed by atoms with E-state index in [4.69, 9.17) is 9.72 Å². The van der Waals surface area contributed by atoms with Gasteiger partial charge in [-0.3, -0.25) is 19.5 Å². The van der Waals surface area contributed by atoms with Crippen LogP contribution in [0.5, 0.6) is 5.75 Å². The fraction of sp³-hybridized carbons (Fsp3) is 0.100. The van der Waals surface area contributed by atoms with Crippen LogP contribution in [0.25, 0.3) is 16.7 Å². The number of anilines is 2. The van der Waals surface area contributed by atoms with Crippen molar-refractivity contribution in [3.8, 4) is 11.4 Å². The van der Waals surface area contributed by atoms with Crippen LogP contribution in [0.15, 0.2) is 97.6 Å². The first-order valence-electron chi connectivity index (χ1n) is 12.2. The normalized spacial score (nSPS) is 11.6. The maximum Gasteiger partial charge on any atom is 0.268 e. The third-order valence-electron chi connectivity index (χ3n) is 5.90. The van der Waals surface area contributed by atoms with Crippen molar-refractivity contribution in [1.29, 1.82) is 0 Å². The van der Waals surface area contributed by atoms with Gasteiger partial charge in [-0.15, -0.1) is 11.3 Å². The van der Waals surface area contributed by atoms with E-state index in [1.165, 1.54) is 13.0 Å². The van der Waals surface area contributed by atoms with Crippen LogP contribution < -0.4 is 15.4 Å². The third-order valence-corrected chi connectivity index (χ3v) is 7.14. The number of halogens is 1. The third kappa shape index (κ3) is 5.89. The smallest absolute Gasteiger partial charge is 0.268 e. The van der Waals surface area contributed by atoms with Crippen molar-refractivity contribution in [2.24, 2.45) is 0 Å². The van der Waals surface area contributed by atoms with Crippen molar-refractivity contribution in [3.05, 3.63) is 113 Å². The zero-order valence-electron chi connectivity index (χ0n) is 21.1. The topological polar surface area (TPSA) is 85.3 Å². The number of nitrogens with one attached hydrogen (secondary N) is 2. The molecule has 2 N–H and O–H groups in total. The number of alkyl halides is 1. The first-order valence-corrected chi connectivity index (χ1v) is 13.0. The molecule has 5 aromatic rings. The van der Waals surface area contributed by atoms with Crippen LogP contribution in [0.4, 0.5) is 16.0 Å². The van der Waals surface area contributed by atoms with Crippen molar-refractivity contribution in [2.45, 2.75) is 19.7 Å². The number of nitrogens with zero attached hydrogens (tertiary/aromatic N) is 2. The maximum atomic E-state index is 13.7. The monoisotopic (exact) mass is 540 g/mol. The molecule has 39 heavy (non-hydrogen) atoms. The van der Waals surface area contributed by atoms with Gasteiger partial charge in [-0.1, -0.05) is 43.0 Å². The Morgan fingerprint density at radius 2 is 1.87 bits per heavy atom. The fourth-order valence-corrected chi connectivity index (χ4v) is 4.84. The minimum absolute atomic E-state index is 0.269. The number of fused-ring (bicyclic) bond motifs is 1. The average Bonchev–Trinajstić information content (AvgIpc) is 3.58. The van der Waals surface area contributed by atoms with Crippen LogP contribution in [0.3, 0.4) is 0 Å². The first kappa shape index (κ1) is 25.9. The Kier molecular flexibility index (Phi) is 7.51. The molecule has 0 saturated carbocycles. The van der Waals surface area contributed by atoms with E-state index in [-0.39, 0.29) is 11.9 Å². The summed E-state index contributed by atoms with van der Waals surface area (Å²) in [5.74, 6) is 0.151. The van der Waals surface area contributed by atoms with Crippen molar-refractivity contribution in [2.75, 3.05) is 10.6 Å². The van der Waals surface area contributed by atoms with E-state index >= 15 is 0 Å². The standard InChI is InChI=1S/C30H25FN4O3S/c1-3-28(36)32-21-10-7-11-22(16-21)35-25-13-12-23(38-18-20-8-5-4-6-9-20)17-24(25)33-30(35)34-29(37)27-15-14-26(39-27)19(2)31/h3-17,19H,1,18H2,2H3,(H,32,36)(H,33,34,37). The highest BCUT2D eigenvalue weighted by Gasteiger charge is 2.19. The summed E-state index contributed by atoms with van der Waals surface area (Å²) in [6.07, 6.45) is 0.0269. The van der Waals surface area contributed by atoms with Gasteiger partial charge in [0.05, 0.1) is 21.6 Å². The van der Waals surface area contributed by atoms with Crippen LogP contribution in [0.2, 0.25) is 0 Å². The summed E-state index contributed by atoms with van der Waals surface area (Å²) in [7, 11) is 0. The Morgan fingerprint density at radius 3 is 2.62 bits per heavy atom. The molecule has 5 rings (SSSR count). The summed E-state index contributed by atoms with van der Waals surface area (Å²) in [6, 6.07) is 25.7. The minimum atomic E-state index is -1.16. The van der Waals surface area contributed by atoms with Gasteiger partial charge in [0.25, 0.3) is 5.91 Å².